The highest BCUT2D eigenvalue weighted by Crippen LogP contribution is 2.49. The molecular formula is C76H85Cl3F4N10O16. The number of piperazine rings is 2. The van der Waals surface area contributed by atoms with E-state index in [2.05, 4.69) is 20.0 Å². The van der Waals surface area contributed by atoms with Gasteiger partial charge in [0, 0.05) is 59.5 Å². The van der Waals surface area contributed by atoms with Gasteiger partial charge in [0.2, 0.25) is 0 Å². The fourth-order valence-corrected chi connectivity index (χ4v) is 13.9. The minimum atomic E-state index is -1.43. The quantitative estimate of drug-likeness (QED) is 0.0328. The van der Waals surface area contributed by atoms with Crippen molar-refractivity contribution in [2.24, 2.45) is 0 Å². The average Bonchev–Trinajstić information content (AvgIpc) is 0.704. The van der Waals surface area contributed by atoms with Gasteiger partial charge in [-0.25, -0.2) is 31.9 Å². The van der Waals surface area contributed by atoms with Crippen LogP contribution in [-0.4, -0.2) is 153 Å². The fraction of sp³-hybridized carbons (Fsp3) is 0.421. The standard InChI is InChI=1S/C38H42ClF2N5O8.C26H21Cl2F2N3O4.C12H22N2O4/c1-10-21-14-15-42-30(19(2)3)31(21)45-32-22(16-23(39)27(29(32)41)28-24(40)12-11-13-26(28)52-8)33(34(35(45)47)46(50)51)44-17-20(4)43(18-25(44)36(48)53-9)37(49)54-38(5,6)7;1-5-13-9-10-31-22(12(2)3)23(13)32-24-14(20(28)25(26(32)34)33(35)36)11-15(27)18(21(24)30)19-16(29)7-6-8-17(19)37-4;1-8-6-13-9(10(15)17-5)7-14(8)11(16)18-12(2,3)4/h11-16,19-20,25H,10,17-18H2,1-9H3;6-12H,5H2,1-4H3;8-9,13H,6-7H2,1-5H3/t20-,25-;;8-,9-/m1.1/s1. The summed E-state index contributed by atoms with van der Waals surface area (Å²) < 4.78 is 98.2. The zero-order valence-corrected chi connectivity index (χ0v) is 65.6. The lowest BCUT2D eigenvalue weighted by Crippen LogP contribution is -2.62. The summed E-state index contributed by atoms with van der Waals surface area (Å²) in [6, 6.07) is 10.8. The van der Waals surface area contributed by atoms with Gasteiger partial charge in [-0.1, -0.05) is 88.5 Å². The van der Waals surface area contributed by atoms with Crippen molar-refractivity contribution in [2.45, 2.75) is 157 Å². The molecule has 0 bridgehead atoms. The van der Waals surface area contributed by atoms with Crippen molar-refractivity contribution in [1.82, 2.24) is 34.2 Å². The number of benzene rings is 4. The molecule has 2 aliphatic heterocycles. The van der Waals surface area contributed by atoms with Gasteiger partial charge in [-0.3, -0.25) is 53.7 Å². The van der Waals surface area contributed by atoms with E-state index in [0.717, 1.165) is 28.4 Å². The maximum Gasteiger partial charge on any atom is 0.410 e. The van der Waals surface area contributed by atoms with Gasteiger partial charge >= 0.3 is 46.6 Å². The molecule has 4 aromatic heterocycles. The van der Waals surface area contributed by atoms with Gasteiger partial charge in [-0.15, -0.1) is 0 Å². The van der Waals surface area contributed by atoms with Gasteiger partial charge in [0.15, 0.2) is 11.6 Å². The molecule has 2 saturated heterocycles. The first-order valence-electron chi connectivity index (χ1n) is 34.6. The summed E-state index contributed by atoms with van der Waals surface area (Å²) in [5, 5.41) is 26.5. The third-order valence-corrected chi connectivity index (χ3v) is 19.0. The molecule has 33 heteroatoms. The lowest BCUT2D eigenvalue weighted by molar-refractivity contribution is -0.386. The number of ether oxygens (including phenoxy) is 6. The number of hydrogen-bond donors (Lipinski definition) is 1. The Bertz CT molecular complexity index is 5030. The van der Waals surface area contributed by atoms with E-state index < -0.39 is 130 Å². The molecule has 0 aliphatic carbocycles. The van der Waals surface area contributed by atoms with Crippen LogP contribution < -0.4 is 30.8 Å². The molecule has 8 aromatic rings. The van der Waals surface area contributed by atoms with Gasteiger partial charge in [-0.05, 0) is 140 Å². The molecule has 109 heavy (non-hydrogen) atoms. The predicted molar refractivity (Wildman–Crippen MR) is 406 cm³/mol. The number of nitrogens with zero attached hydrogens (tertiary/aromatic N) is 9. The number of aromatic nitrogens is 4. The Morgan fingerprint density at radius 1 is 0.596 bits per heavy atom. The number of carbonyl (C=O) groups excluding carboxylic acids is 4. The summed E-state index contributed by atoms with van der Waals surface area (Å²) in [5.74, 6) is -5.91. The highest BCUT2D eigenvalue weighted by molar-refractivity contribution is 6.39. The summed E-state index contributed by atoms with van der Waals surface area (Å²) in [6.07, 6.45) is 2.66. The van der Waals surface area contributed by atoms with Crippen LogP contribution in [0.1, 0.15) is 131 Å². The Labute approximate surface area is 640 Å². The number of esters is 2. The van der Waals surface area contributed by atoms with Crippen molar-refractivity contribution in [3.8, 4) is 45.1 Å². The number of fused-ring (bicyclic) bond motifs is 2. The van der Waals surface area contributed by atoms with Crippen LogP contribution in [0.15, 0.2) is 82.6 Å². The third kappa shape index (κ3) is 17.2. The molecule has 0 unspecified atom stereocenters. The molecule has 1 N–H and O–H groups in total. The Balaban J connectivity index is 0.000000233. The van der Waals surface area contributed by atoms with Gasteiger partial charge in [0.05, 0.1) is 106 Å². The normalized spacial score (nSPS) is 15.9. The summed E-state index contributed by atoms with van der Waals surface area (Å²) in [4.78, 5) is 115. The number of methoxy groups -OCH3 is 4. The van der Waals surface area contributed by atoms with Crippen molar-refractivity contribution in [1.29, 1.82) is 0 Å². The number of rotatable bonds is 15. The molecule has 2 aliphatic rings. The minimum Gasteiger partial charge on any atom is -0.496 e. The highest BCUT2D eigenvalue weighted by atomic mass is 35.5. The van der Waals surface area contributed by atoms with Crippen molar-refractivity contribution in [2.75, 3.05) is 59.5 Å². The smallest absolute Gasteiger partial charge is 0.410 e. The first kappa shape index (κ1) is 84.5. The second kappa shape index (κ2) is 34.2. The third-order valence-electron chi connectivity index (χ3n) is 18.0. The Morgan fingerprint density at radius 2 is 1.02 bits per heavy atom. The fourth-order valence-electron chi connectivity index (χ4n) is 13.0. The van der Waals surface area contributed by atoms with Crippen LogP contribution in [-0.2, 0) is 41.4 Å². The predicted octanol–water partition coefficient (Wildman–Crippen LogP) is 15.6. The van der Waals surface area contributed by atoms with Crippen molar-refractivity contribution in [3.05, 3.63) is 175 Å². The number of pyridine rings is 4. The number of anilines is 1. The Morgan fingerprint density at radius 3 is 1.42 bits per heavy atom. The van der Waals surface area contributed by atoms with Crippen molar-refractivity contribution in [3.63, 3.8) is 0 Å². The minimum absolute atomic E-state index is 0.000509. The molecule has 26 nitrogen and oxygen atoms in total. The van der Waals surface area contributed by atoms with Gasteiger partial charge in [-0.2, -0.15) is 0 Å². The van der Waals surface area contributed by atoms with Crippen LogP contribution in [0.5, 0.6) is 11.5 Å². The number of amides is 2. The van der Waals surface area contributed by atoms with E-state index in [1.54, 1.807) is 71.7 Å². The maximum absolute atomic E-state index is 17.8. The monoisotopic (exact) mass is 1570 g/mol. The van der Waals surface area contributed by atoms with E-state index in [9.17, 15) is 49.0 Å². The number of nitro groups is 2. The van der Waals surface area contributed by atoms with Crippen LogP contribution >= 0.6 is 34.8 Å². The molecule has 6 heterocycles. The van der Waals surface area contributed by atoms with E-state index in [-0.39, 0.29) is 104 Å². The van der Waals surface area contributed by atoms with E-state index in [1.165, 1.54) is 73.7 Å². The van der Waals surface area contributed by atoms with Crippen LogP contribution in [0.25, 0.3) is 55.4 Å². The maximum atomic E-state index is 17.8. The first-order chi connectivity index (χ1) is 51.2. The molecule has 2 amide bonds. The lowest BCUT2D eigenvalue weighted by atomic mass is 9.96. The summed E-state index contributed by atoms with van der Waals surface area (Å²) in [5.41, 5.74) is -6.37. The number of nitrogens with one attached hydrogen (secondary N) is 1. The molecule has 0 saturated carbocycles. The van der Waals surface area contributed by atoms with Gasteiger partial charge in [0.1, 0.15) is 57.1 Å². The molecule has 4 aromatic carbocycles. The van der Waals surface area contributed by atoms with Crippen molar-refractivity contribution < 1.29 is 75.0 Å². The van der Waals surface area contributed by atoms with Crippen LogP contribution in [0.4, 0.5) is 44.2 Å². The molecule has 4 atom stereocenters. The second-order valence-electron chi connectivity index (χ2n) is 28.2. The van der Waals surface area contributed by atoms with Gasteiger partial charge in [0.25, 0.3) is 0 Å². The highest BCUT2D eigenvalue weighted by Gasteiger charge is 2.46. The number of carbonyl (C=O) groups is 4. The Hall–Kier alpha value is -10.2. The average molecular weight is 1580 g/mol. The Kier molecular flexibility index (Phi) is 26.5. The molecule has 0 spiro atoms. The molecule has 584 valence electrons. The molecular weight excluding hydrogens is 1490 g/mol. The number of aryl methyl sites for hydroxylation is 2. The summed E-state index contributed by atoms with van der Waals surface area (Å²) in [6.45, 7) is 25.1. The summed E-state index contributed by atoms with van der Waals surface area (Å²) in [7, 11) is 5.00. The van der Waals surface area contributed by atoms with E-state index in [0.29, 0.717) is 41.9 Å². The van der Waals surface area contributed by atoms with E-state index in [4.69, 9.17) is 58.5 Å². The second-order valence-corrected chi connectivity index (χ2v) is 29.4. The van der Waals surface area contributed by atoms with Crippen LogP contribution in [0, 0.1) is 43.5 Å². The van der Waals surface area contributed by atoms with E-state index in [1.807, 2.05) is 48.5 Å². The van der Waals surface area contributed by atoms with Gasteiger partial charge < -0.3 is 48.4 Å². The van der Waals surface area contributed by atoms with Crippen molar-refractivity contribution >= 4 is 97.8 Å². The first-order valence-corrected chi connectivity index (χ1v) is 35.7. The molecule has 0 radical (unpaired) electrons. The topological polar surface area (TPSA) is 301 Å². The van der Waals surface area contributed by atoms with Crippen LogP contribution in [0.3, 0.4) is 0 Å². The SMILES string of the molecule is CCc1ccnc(C(C)C)c1-n1c(=O)c([N+](=O)[O-])c(Cl)c2cc(Cl)c(-c3c(F)cccc3OC)c(F)c21.CCc1ccnc(C(C)C)c1-n1c(=O)c([N+](=O)[O-])c(N2C[C@@H](C)N(C(=O)OC(C)(C)C)C[C@@H]2C(=O)OC)c2cc(Cl)c(-c3c(F)cccc3OC)c(F)c21.COC(=O)[C@H]1CN(C(=O)OC(C)(C)C)[C@H](C)CN1. The zero-order valence-electron chi connectivity index (χ0n) is 63.3. The lowest BCUT2D eigenvalue weighted by Gasteiger charge is -2.45. The van der Waals surface area contributed by atoms with Crippen LogP contribution in [0.2, 0.25) is 15.1 Å². The van der Waals surface area contributed by atoms with E-state index >= 15 is 17.6 Å². The summed E-state index contributed by atoms with van der Waals surface area (Å²) >= 11 is 19.6. The number of halogens is 7. The largest absolute Gasteiger partial charge is 0.496 e. The number of hydrogen-bond acceptors (Lipinski definition) is 20. The zero-order chi connectivity index (χ0) is 81.1. The molecule has 10 rings (SSSR count). The molecule has 2 fully saturated rings.